The first kappa shape index (κ1) is 22.0. The molecule has 0 aromatic heterocycles. The third kappa shape index (κ3) is 4.72. The predicted molar refractivity (Wildman–Crippen MR) is 108 cm³/mol. The standard InChI is InChI=1S/C18H25ClN4O5S/c19-17-14(23-8-2-1-6-16(23)25)4-3-5-15(17)29(27,28)21-13(10-20)18(26)22-9-7-12(24)11-22/h3-5,12-13,21,24H,1-2,6-11,20H2/t12-,13+/m1/s1. The first-order valence-corrected chi connectivity index (χ1v) is 11.4. The molecule has 2 saturated heterocycles. The van der Waals surface area contributed by atoms with Crippen LogP contribution in [0.5, 0.6) is 0 Å². The molecule has 160 valence electrons. The van der Waals surface area contributed by atoms with Crippen molar-refractivity contribution in [3.05, 3.63) is 23.2 Å². The number of nitrogens with two attached hydrogens (primary N) is 1. The van der Waals surface area contributed by atoms with Gasteiger partial charge in [-0.05, 0) is 31.4 Å². The minimum Gasteiger partial charge on any atom is -0.391 e. The normalized spacial score (nSPS) is 21.5. The molecule has 11 heteroatoms. The van der Waals surface area contributed by atoms with Gasteiger partial charge in [0.1, 0.15) is 10.9 Å². The number of anilines is 1. The van der Waals surface area contributed by atoms with Gasteiger partial charge in [-0.25, -0.2) is 8.42 Å². The van der Waals surface area contributed by atoms with Crippen LogP contribution < -0.4 is 15.4 Å². The number of sulfonamides is 1. The fraction of sp³-hybridized carbons (Fsp3) is 0.556. The highest BCUT2D eigenvalue weighted by atomic mass is 35.5. The van der Waals surface area contributed by atoms with Crippen LogP contribution >= 0.6 is 11.6 Å². The van der Waals surface area contributed by atoms with E-state index in [1.807, 2.05) is 0 Å². The van der Waals surface area contributed by atoms with Crippen LogP contribution in [0.1, 0.15) is 25.7 Å². The zero-order valence-corrected chi connectivity index (χ0v) is 17.5. The molecule has 0 bridgehead atoms. The summed E-state index contributed by atoms with van der Waals surface area (Å²) >= 11 is 6.37. The van der Waals surface area contributed by atoms with Crippen LogP contribution in [0.3, 0.4) is 0 Å². The van der Waals surface area contributed by atoms with Crippen LogP contribution in [0, 0.1) is 0 Å². The summed E-state index contributed by atoms with van der Waals surface area (Å²) in [7, 11) is -4.18. The highest BCUT2D eigenvalue weighted by molar-refractivity contribution is 7.89. The van der Waals surface area contributed by atoms with Crippen LogP contribution in [0.4, 0.5) is 5.69 Å². The number of carbonyl (C=O) groups is 2. The highest BCUT2D eigenvalue weighted by Crippen LogP contribution is 2.34. The van der Waals surface area contributed by atoms with Crippen LogP contribution in [0.15, 0.2) is 23.1 Å². The molecule has 9 nitrogen and oxygen atoms in total. The van der Waals surface area contributed by atoms with Crippen molar-refractivity contribution >= 4 is 39.1 Å². The summed E-state index contributed by atoms with van der Waals surface area (Å²) in [5.41, 5.74) is 5.97. The Kier molecular flexibility index (Phi) is 6.79. The molecule has 2 heterocycles. The summed E-state index contributed by atoms with van der Waals surface area (Å²) in [5, 5.41) is 9.54. The zero-order valence-electron chi connectivity index (χ0n) is 15.9. The van der Waals surface area contributed by atoms with E-state index >= 15 is 0 Å². The number of likely N-dealkylation sites (tertiary alicyclic amines) is 1. The lowest BCUT2D eigenvalue weighted by atomic mass is 10.1. The molecule has 29 heavy (non-hydrogen) atoms. The average molecular weight is 445 g/mol. The van der Waals surface area contributed by atoms with Crippen LogP contribution in [-0.4, -0.2) is 68.6 Å². The molecule has 0 radical (unpaired) electrons. The van der Waals surface area contributed by atoms with Gasteiger partial charge >= 0.3 is 0 Å². The van der Waals surface area contributed by atoms with Crippen molar-refractivity contribution in [2.45, 2.75) is 42.7 Å². The molecule has 4 N–H and O–H groups in total. The van der Waals surface area contributed by atoms with E-state index < -0.39 is 28.1 Å². The topological polar surface area (TPSA) is 133 Å². The number of benzene rings is 1. The van der Waals surface area contributed by atoms with Crippen LogP contribution in [0.25, 0.3) is 0 Å². The number of nitrogens with zero attached hydrogens (tertiary/aromatic N) is 2. The number of nitrogens with one attached hydrogen (secondary N) is 1. The number of hydrogen-bond donors (Lipinski definition) is 3. The molecule has 1 aromatic rings. The molecule has 2 amide bonds. The summed E-state index contributed by atoms with van der Waals surface area (Å²) in [6, 6.07) is 3.25. The van der Waals surface area contributed by atoms with Gasteiger partial charge in [-0.15, -0.1) is 0 Å². The van der Waals surface area contributed by atoms with Crippen molar-refractivity contribution in [1.29, 1.82) is 0 Å². The third-order valence-electron chi connectivity index (χ3n) is 5.15. The Morgan fingerprint density at radius 3 is 2.72 bits per heavy atom. The van der Waals surface area contributed by atoms with E-state index in [2.05, 4.69) is 4.72 Å². The van der Waals surface area contributed by atoms with Crippen molar-refractivity contribution in [2.24, 2.45) is 5.73 Å². The number of carbonyl (C=O) groups excluding carboxylic acids is 2. The molecule has 2 atom stereocenters. The molecular weight excluding hydrogens is 420 g/mol. The van der Waals surface area contributed by atoms with E-state index in [0.29, 0.717) is 31.6 Å². The summed E-state index contributed by atoms with van der Waals surface area (Å²) in [6.07, 6.45) is 1.80. The Balaban J connectivity index is 1.84. The van der Waals surface area contributed by atoms with E-state index in [1.54, 1.807) is 6.07 Å². The SMILES string of the molecule is NC[C@H](NS(=O)(=O)c1cccc(N2CCCCC2=O)c1Cl)C(=O)N1CC[C@@H](O)C1. The van der Waals surface area contributed by atoms with E-state index in [4.69, 9.17) is 17.3 Å². The smallest absolute Gasteiger partial charge is 0.242 e. The molecule has 1 aromatic carbocycles. The molecule has 0 spiro atoms. The number of piperidine rings is 1. The zero-order chi connectivity index (χ0) is 21.2. The van der Waals surface area contributed by atoms with Gasteiger partial charge < -0.3 is 20.6 Å². The van der Waals surface area contributed by atoms with E-state index in [1.165, 1.54) is 21.9 Å². The minimum atomic E-state index is -4.18. The maximum Gasteiger partial charge on any atom is 0.242 e. The Morgan fingerprint density at radius 1 is 1.34 bits per heavy atom. The summed E-state index contributed by atoms with van der Waals surface area (Å²) in [4.78, 5) is 27.5. The van der Waals surface area contributed by atoms with Gasteiger partial charge in [0.15, 0.2) is 0 Å². The number of rotatable bonds is 6. The fourth-order valence-electron chi connectivity index (χ4n) is 3.59. The monoisotopic (exact) mass is 444 g/mol. The number of aliphatic hydroxyl groups excluding tert-OH is 1. The minimum absolute atomic E-state index is 0.0740. The summed E-state index contributed by atoms with van der Waals surface area (Å²) in [5.74, 6) is -0.602. The lowest BCUT2D eigenvalue weighted by molar-refractivity contribution is -0.132. The molecule has 2 aliphatic rings. The molecule has 2 aliphatic heterocycles. The van der Waals surface area contributed by atoms with E-state index in [-0.39, 0.29) is 28.9 Å². The third-order valence-corrected chi connectivity index (χ3v) is 7.18. The second-order valence-corrected chi connectivity index (χ2v) is 9.29. The van der Waals surface area contributed by atoms with Crippen LogP contribution in [0.2, 0.25) is 5.02 Å². The maximum atomic E-state index is 12.9. The molecule has 3 rings (SSSR count). The van der Waals surface area contributed by atoms with Crippen molar-refractivity contribution in [2.75, 3.05) is 31.1 Å². The molecule has 0 saturated carbocycles. The number of aliphatic hydroxyl groups is 1. The Hall–Kier alpha value is -1.72. The second-order valence-electron chi connectivity index (χ2n) is 7.23. The van der Waals surface area contributed by atoms with Crippen molar-refractivity contribution < 1.29 is 23.1 Å². The summed E-state index contributed by atoms with van der Waals surface area (Å²) in [6.45, 7) is 0.708. The molecule has 0 aliphatic carbocycles. The Morgan fingerprint density at radius 2 is 2.10 bits per heavy atom. The van der Waals surface area contributed by atoms with E-state index in [0.717, 1.165) is 12.8 Å². The Labute approximate surface area is 174 Å². The van der Waals surface area contributed by atoms with Crippen molar-refractivity contribution in [1.82, 2.24) is 9.62 Å². The predicted octanol–water partition coefficient (Wildman–Crippen LogP) is 0.0557. The van der Waals surface area contributed by atoms with Gasteiger partial charge in [-0.3, -0.25) is 9.59 Å². The number of hydrogen-bond acceptors (Lipinski definition) is 6. The lowest BCUT2D eigenvalue weighted by Crippen LogP contribution is -2.51. The first-order valence-electron chi connectivity index (χ1n) is 9.52. The van der Waals surface area contributed by atoms with Gasteiger partial charge in [0, 0.05) is 32.6 Å². The Bertz CT molecular complexity index is 894. The first-order chi connectivity index (χ1) is 13.7. The van der Waals surface area contributed by atoms with Crippen LogP contribution in [-0.2, 0) is 19.6 Å². The fourth-order valence-corrected chi connectivity index (χ4v) is 5.42. The quantitative estimate of drug-likeness (QED) is 0.568. The van der Waals surface area contributed by atoms with Gasteiger partial charge in [-0.1, -0.05) is 17.7 Å². The van der Waals surface area contributed by atoms with Gasteiger partial charge in [-0.2, -0.15) is 4.72 Å². The second kappa shape index (κ2) is 8.97. The van der Waals surface area contributed by atoms with E-state index in [9.17, 15) is 23.1 Å². The number of amides is 2. The van der Waals surface area contributed by atoms with Gasteiger partial charge in [0.05, 0.1) is 16.8 Å². The highest BCUT2D eigenvalue weighted by Gasteiger charge is 2.33. The molecule has 0 unspecified atom stereocenters. The largest absolute Gasteiger partial charge is 0.391 e. The number of halogens is 1. The molecular formula is C18H25ClN4O5S. The van der Waals surface area contributed by atoms with Crippen molar-refractivity contribution in [3.63, 3.8) is 0 Å². The maximum absolute atomic E-state index is 12.9. The van der Waals surface area contributed by atoms with Gasteiger partial charge in [0.2, 0.25) is 21.8 Å². The average Bonchev–Trinajstić information content (AvgIpc) is 3.12. The summed E-state index contributed by atoms with van der Waals surface area (Å²) < 4.78 is 28.2. The lowest BCUT2D eigenvalue weighted by Gasteiger charge is -2.28. The molecule has 2 fully saturated rings. The van der Waals surface area contributed by atoms with Gasteiger partial charge in [0.25, 0.3) is 0 Å². The number of β-amino-alcohol motifs (C(OH)–C–C–N with tert-alkyl or cyclic N) is 1. The van der Waals surface area contributed by atoms with Crippen molar-refractivity contribution in [3.8, 4) is 0 Å².